The Labute approximate surface area is 118 Å². The van der Waals surface area contributed by atoms with Crippen LogP contribution in [0, 0.1) is 25.7 Å². The molecule has 1 saturated heterocycles. The topological polar surface area (TPSA) is 29.3 Å². The van der Waals surface area contributed by atoms with Gasteiger partial charge in [-0.25, -0.2) is 0 Å². The Morgan fingerprint density at radius 2 is 2.05 bits per heavy atom. The molecule has 0 aromatic heterocycles. The van der Waals surface area contributed by atoms with Crippen molar-refractivity contribution in [1.82, 2.24) is 4.90 Å². The van der Waals surface area contributed by atoms with Crippen LogP contribution in [0.25, 0.3) is 0 Å². The number of benzene rings is 1. The third-order valence-electron chi connectivity index (χ3n) is 4.66. The van der Waals surface area contributed by atoms with Gasteiger partial charge in [0.1, 0.15) is 0 Å². The van der Waals surface area contributed by atoms with Gasteiger partial charge in [-0.05, 0) is 49.8 Å². The van der Waals surface area contributed by atoms with Gasteiger partial charge in [-0.2, -0.15) is 0 Å². The molecule has 2 unspecified atom stereocenters. The van der Waals surface area contributed by atoms with E-state index in [4.69, 9.17) is 5.73 Å². The summed E-state index contributed by atoms with van der Waals surface area (Å²) >= 11 is 0. The predicted octanol–water partition coefficient (Wildman–Crippen LogP) is 3.28. The van der Waals surface area contributed by atoms with Gasteiger partial charge >= 0.3 is 0 Å². The molecule has 2 atom stereocenters. The number of nitrogens with two attached hydrogens (primary N) is 1. The lowest BCUT2D eigenvalue weighted by molar-refractivity contribution is 0.231. The fourth-order valence-electron chi connectivity index (χ4n) is 3.23. The van der Waals surface area contributed by atoms with Crippen molar-refractivity contribution < 1.29 is 0 Å². The summed E-state index contributed by atoms with van der Waals surface area (Å²) in [6.07, 6.45) is 1.32. The molecule has 0 spiro atoms. The highest BCUT2D eigenvalue weighted by atomic mass is 15.2. The van der Waals surface area contributed by atoms with Crippen LogP contribution >= 0.6 is 0 Å². The molecular weight excluding hydrogens is 232 g/mol. The fraction of sp³-hybridized carbons (Fsp3) is 0.647. The normalized spacial score (nSPS) is 22.1. The van der Waals surface area contributed by atoms with Crippen LogP contribution < -0.4 is 5.73 Å². The quantitative estimate of drug-likeness (QED) is 0.900. The van der Waals surface area contributed by atoms with E-state index in [0.717, 1.165) is 18.4 Å². The first-order valence-corrected chi connectivity index (χ1v) is 7.54. The second-order valence-electron chi connectivity index (χ2n) is 6.40. The minimum absolute atomic E-state index is 0.392. The molecule has 0 radical (unpaired) electrons. The third-order valence-corrected chi connectivity index (χ3v) is 4.66. The van der Waals surface area contributed by atoms with Crippen molar-refractivity contribution in [3.05, 3.63) is 34.9 Å². The zero-order valence-electron chi connectivity index (χ0n) is 12.8. The van der Waals surface area contributed by atoms with E-state index in [2.05, 4.69) is 50.8 Å². The summed E-state index contributed by atoms with van der Waals surface area (Å²) in [5.74, 6) is 1.61. The highest BCUT2D eigenvalue weighted by Gasteiger charge is 2.30. The van der Waals surface area contributed by atoms with Crippen LogP contribution in [0.15, 0.2) is 18.2 Å². The summed E-state index contributed by atoms with van der Waals surface area (Å²) in [5.41, 5.74) is 10.2. The number of hydrogen-bond acceptors (Lipinski definition) is 2. The molecule has 1 aliphatic rings. The zero-order chi connectivity index (χ0) is 14.0. The molecule has 2 rings (SSSR count). The van der Waals surface area contributed by atoms with Gasteiger partial charge in [-0.15, -0.1) is 0 Å². The third kappa shape index (κ3) is 3.18. The minimum Gasteiger partial charge on any atom is -0.329 e. The monoisotopic (exact) mass is 260 g/mol. The van der Waals surface area contributed by atoms with E-state index in [1.54, 1.807) is 0 Å². The van der Waals surface area contributed by atoms with Crippen LogP contribution in [-0.4, -0.2) is 24.5 Å². The molecule has 0 aliphatic carbocycles. The van der Waals surface area contributed by atoms with Crippen LogP contribution in [0.4, 0.5) is 0 Å². The molecule has 2 nitrogen and oxygen atoms in total. The first-order valence-electron chi connectivity index (χ1n) is 7.54. The van der Waals surface area contributed by atoms with Crippen molar-refractivity contribution in [3.8, 4) is 0 Å². The standard InChI is InChI=1S/C17H28N2/c1-12(2)15-7-8-19(11-15)17(10-18)16-9-13(3)5-6-14(16)4/h5-6,9,12,15,17H,7-8,10-11,18H2,1-4H3. The van der Waals surface area contributed by atoms with Gasteiger partial charge in [0.05, 0.1) is 0 Å². The summed E-state index contributed by atoms with van der Waals surface area (Å²) in [4.78, 5) is 2.59. The van der Waals surface area contributed by atoms with Crippen molar-refractivity contribution in [2.24, 2.45) is 17.6 Å². The fourth-order valence-corrected chi connectivity index (χ4v) is 3.23. The van der Waals surface area contributed by atoms with E-state index in [0.29, 0.717) is 6.04 Å². The average Bonchev–Trinajstić information content (AvgIpc) is 2.84. The Kier molecular flexibility index (Phi) is 4.64. The van der Waals surface area contributed by atoms with Crippen LogP contribution in [0.3, 0.4) is 0 Å². The van der Waals surface area contributed by atoms with E-state index in [9.17, 15) is 0 Å². The maximum atomic E-state index is 6.08. The lowest BCUT2D eigenvalue weighted by Gasteiger charge is -2.29. The summed E-state index contributed by atoms with van der Waals surface area (Å²) in [6.45, 7) is 12.2. The van der Waals surface area contributed by atoms with Crippen LogP contribution in [0.2, 0.25) is 0 Å². The van der Waals surface area contributed by atoms with E-state index in [1.807, 2.05) is 0 Å². The van der Waals surface area contributed by atoms with Crippen molar-refractivity contribution in [1.29, 1.82) is 0 Å². The molecule has 19 heavy (non-hydrogen) atoms. The Morgan fingerprint density at radius 1 is 1.32 bits per heavy atom. The number of hydrogen-bond donors (Lipinski definition) is 1. The van der Waals surface area contributed by atoms with E-state index < -0.39 is 0 Å². The highest BCUT2D eigenvalue weighted by molar-refractivity contribution is 5.33. The molecule has 1 heterocycles. The van der Waals surface area contributed by atoms with Crippen LogP contribution in [0.5, 0.6) is 0 Å². The first kappa shape index (κ1) is 14.5. The molecule has 1 aromatic carbocycles. The lowest BCUT2D eigenvalue weighted by Crippen LogP contribution is -2.33. The SMILES string of the molecule is Cc1ccc(C)c(C(CN)N2CCC(C(C)C)C2)c1. The van der Waals surface area contributed by atoms with Gasteiger partial charge in [0, 0.05) is 19.1 Å². The molecule has 0 amide bonds. The predicted molar refractivity (Wildman–Crippen MR) is 82.2 cm³/mol. The Balaban J connectivity index is 2.19. The molecule has 0 saturated carbocycles. The maximum Gasteiger partial charge on any atom is 0.0473 e. The summed E-state index contributed by atoms with van der Waals surface area (Å²) in [5, 5.41) is 0. The Hall–Kier alpha value is -0.860. The van der Waals surface area contributed by atoms with Gasteiger partial charge in [-0.3, -0.25) is 4.90 Å². The maximum absolute atomic E-state index is 6.08. The lowest BCUT2D eigenvalue weighted by atomic mass is 9.95. The number of rotatable bonds is 4. The Morgan fingerprint density at radius 3 is 2.63 bits per heavy atom. The van der Waals surface area contributed by atoms with Gasteiger partial charge < -0.3 is 5.73 Å². The molecule has 1 aromatic rings. The molecule has 1 aliphatic heterocycles. The second kappa shape index (κ2) is 6.06. The van der Waals surface area contributed by atoms with Crippen LogP contribution in [0.1, 0.15) is 43.0 Å². The summed E-state index contributed by atoms with van der Waals surface area (Å²) in [6, 6.07) is 7.12. The van der Waals surface area contributed by atoms with E-state index >= 15 is 0 Å². The van der Waals surface area contributed by atoms with Gasteiger partial charge in [0.25, 0.3) is 0 Å². The van der Waals surface area contributed by atoms with Gasteiger partial charge in [-0.1, -0.05) is 37.6 Å². The zero-order valence-corrected chi connectivity index (χ0v) is 12.8. The molecule has 2 heteroatoms. The van der Waals surface area contributed by atoms with Crippen molar-refractivity contribution in [3.63, 3.8) is 0 Å². The first-order chi connectivity index (χ1) is 9.02. The number of likely N-dealkylation sites (tertiary alicyclic amines) is 1. The van der Waals surface area contributed by atoms with Crippen molar-refractivity contribution in [2.75, 3.05) is 19.6 Å². The smallest absolute Gasteiger partial charge is 0.0473 e. The molecule has 2 N–H and O–H groups in total. The molecule has 0 bridgehead atoms. The van der Waals surface area contributed by atoms with Crippen molar-refractivity contribution in [2.45, 2.75) is 40.2 Å². The second-order valence-corrected chi connectivity index (χ2v) is 6.40. The van der Waals surface area contributed by atoms with Crippen LogP contribution in [-0.2, 0) is 0 Å². The summed E-state index contributed by atoms with van der Waals surface area (Å²) in [7, 11) is 0. The summed E-state index contributed by atoms with van der Waals surface area (Å²) < 4.78 is 0. The molecule has 106 valence electrons. The number of nitrogens with zero attached hydrogens (tertiary/aromatic N) is 1. The van der Waals surface area contributed by atoms with E-state index in [1.165, 1.54) is 36.2 Å². The van der Waals surface area contributed by atoms with E-state index in [-0.39, 0.29) is 0 Å². The van der Waals surface area contributed by atoms with Crippen molar-refractivity contribution >= 4 is 0 Å². The largest absolute Gasteiger partial charge is 0.329 e. The molecular formula is C17H28N2. The average molecular weight is 260 g/mol. The Bertz CT molecular complexity index is 425. The highest BCUT2D eigenvalue weighted by Crippen LogP contribution is 2.32. The van der Waals surface area contributed by atoms with Gasteiger partial charge in [0.15, 0.2) is 0 Å². The van der Waals surface area contributed by atoms with Gasteiger partial charge in [0.2, 0.25) is 0 Å². The molecule has 1 fully saturated rings. The minimum atomic E-state index is 0.392. The number of aryl methyl sites for hydroxylation is 2.